The standard InChI is InChI=1S/C13H20N2O4S/c1-3-8(2)15-11(16)6-9(12(15)17)14-4-5-20-7-10(14)13(18)19/h8-10H,3-7H2,1-2H3,(H,18,19). The molecule has 0 bridgehead atoms. The van der Waals surface area contributed by atoms with Gasteiger partial charge in [-0.05, 0) is 13.3 Å². The normalized spacial score (nSPS) is 29.8. The first-order valence-electron chi connectivity index (χ1n) is 6.89. The summed E-state index contributed by atoms with van der Waals surface area (Å²) >= 11 is 1.58. The number of rotatable bonds is 4. The summed E-state index contributed by atoms with van der Waals surface area (Å²) in [5.41, 5.74) is 0. The molecule has 2 fully saturated rings. The van der Waals surface area contributed by atoms with E-state index in [1.54, 1.807) is 16.7 Å². The molecular weight excluding hydrogens is 280 g/mol. The van der Waals surface area contributed by atoms with E-state index in [9.17, 15) is 19.5 Å². The Balaban J connectivity index is 2.18. The molecule has 2 aliphatic heterocycles. The summed E-state index contributed by atoms with van der Waals surface area (Å²) in [6, 6.07) is -1.40. The van der Waals surface area contributed by atoms with Crippen LogP contribution < -0.4 is 0 Å². The van der Waals surface area contributed by atoms with E-state index in [-0.39, 0.29) is 24.3 Å². The highest BCUT2D eigenvalue weighted by atomic mass is 32.2. The lowest BCUT2D eigenvalue weighted by Gasteiger charge is -2.36. The maximum Gasteiger partial charge on any atom is 0.321 e. The summed E-state index contributed by atoms with van der Waals surface area (Å²) in [4.78, 5) is 38.8. The van der Waals surface area contributed by atoms with Crippen molar-refractivity contribution in [2.75, 3.05) is 18.1 Å². The lowest BCUT2D eigenvalue weighted by atomic mass is 10.1. The number of nitrogens with zero attached hydrogens (tertiary/aromatic N) is 2. The Kier molecular flexibility index (Phi) is 4.70. The molecule has 0 saturated carbocycles. The first-order chi connectivity index (χ1) is 9.47. The van der Waals surface area contributed by atoms with E-state index in [0.717, 1.165) is 5.75 Å². The number of hydrogen-bond acceptors (Lipinski definition) is 5. The van der Waals surface area contributed by atoms with Crippen molar-refractivity contribution >= 4 is 29.5 Å². The van der Waals surface area contributed by atoms with Gasteiger partial charge in [-0.3, -0.25) is 24.2 Å². The van der Waals surface area contributed by atoms with E-state index >= 15 is 0 Å². The van der Waals surface area contributed by atoms with Crippen LogP contribution in [0.2, 0.25) is 0 Å². The maximum absolute atomic E-state index is 12.4. The summed E-state index contributed by atoms with van der Waals surface area (Å²) in [6.07, 6.45) is 0.819. The van der Waals surface area contributed by atoms with Crippen LogP contribution in [-0.2, 0) is 14.4 Å². The van der Waals surface area contributed by atoms with Crippen molar-refractivity contribution in [2.24, 2.45) is 0 Å². The van der Waals surface area contributed by atoms with Gasteiger partial charge in [0.15, 0.2) is 0 Å². The summed E-state index contributed by atoms with van der Waals surface area (Å²) in [5.74, 6) is -0.0690. The molecule has 0 aromatic rings. The summed E-state index contributed by atoms with van der Waals surface area (Å²) in [7, 11) is 0. The molecule has 7 heteroatoms. The van der Waals surface area contributed by atoms with E-state index in [2.05, 4.69) is 0 Å². The molecule has 2 rings (SSSR count). The molecule has 0 aromatic heterocycles. The van der Waals surface area contributed by atoms with Crippen LogP contribution in [0.15, 0.2) is 0 Å². The van der Waals surface area contributed by atoms with Crippen molar-refractivity contribution in [3.8, 4) is 0 Å². The van der Waals surface area contributed by atoms with Gasteiger partial charge in [-0.15, -0.1) is 0 Å². The molecule has 6 nitrogen and oxygen atoms in total. The van der Waals surface area contributed by atoms with Gasteiger partial charge in [0.05, 0.1) is 12.5 Å². The Bertz CT molecular complexity index is 429. The smallest absolute Gasteiger partial charge is 0.321 e. The van der Waals surface area contributed by atoms with E-state index < -0.39 is 18.1 Å². The van der Waals surface area contributed by atoms with Crippen LogP contribution in [-0.4, -0.2) is 68.9 Å². The minimum atomic E-state index is -0.917. The average Bonchev–Trinajstić information content (AvgIpc) is 2.73. The molecule has 2 heterocycles. The van der Waals surface area contributed by atoms with E-state index in [4.69, 9.17) is 0 Å². The lowest BCUT2D eigenvalue weighted by molar-refractivity contribution is -0.145. The van der Waals surface area contributed by atoms with Crippen LogP contribution in [0.4, 0.5) is 0 Å². The highest BCUT2D eigenvalue weighted by molar-refractivity contribution is 7.99. The molecular formula is C13H20N2O4S. The fourth-order valence-electron chi connectivity index (χ4n) is 2.74. The number of imide groups is 1. The first-order valence-corrected chi connectivity index (χ1v) is 8.05. The zero-order valence-electron chi connectivity index (χ0n) is 11.7. The Hall–Kier alpha value is -1.08. The molecule has 3 atom stereocenters. The van der Waals surface area contributed by atoms with Crippen molar-refractivity contribution in [3.05, 3.63) is 0 Å². The van der Waals surface area contributed by atoms with Crippen LogP contribution in [0.1, 0.15) is 26.7 Å². The van der Waals surface area contributed by atoms with Crippen molar-refractivity contribution < 1.29 is 19.5 Å². The molecule has 1 N–H and O–H groups in total. The first kappa shape index (κ1) is 15.3. The maximum atomic E-state index is 12.4. The summed E-state index contributed by atoms with van der Waals surface area (Å²) in [5, 5.41) is 9.28. The number of carboxylic acids is 1. The number of aliphatic carboxylic acids is 1. The Morgan fingerprint density at radius 1 is 1.50 bits per heavy atom. The monoisotopic (exact) mass is 300 g/mol. The predicted octanol–water partition coefficient (Wildman–Crippen LogP) is 0.414. The molecule has 0 spiro atoms. The van der Waals surface area contributed by atoms with E-state index in [0.29, 0.717) is 18.7 Å². The van der Waals surface area contributed by atoms with Gasteiger partial charge in [0.1, 0.15) is 6.04 Å². The van der Waals surface area contributed by atoms with Gasteiger partial charge < -0.3 is 5.11 Å². The highest BCUT2D eigenvalue weighted by Crippen LogP contribution is 2.27. The predicted molar refractivity (Wildman–Crippen MR) is 75.5 cm³/mol. The zero-order chi connectivity index (χ0) is 14.9. The molecule has 20 heavy (non-hydrogen) atoms. The van der Waals surface area contributed by atoms with Gasteiger partial charge in [-0.25, -0.2) is 0 Å². The third-order valence-electron chi connectivity index (χ3n) is 4.05. The second-order valence-corrected chi connectivity index (χ2v) is 6.40. The van der Waals surface area contributed by atoms with Gasteiger partial charge in [0.25, 0.3) is 0 Å². The second kappa shape index (κ2) is 6.13. The zero-order valence-corrected chi connectivity index (χ0v) is 12.6. The fourth-order valence-corrected chi connectivity index (χ4v) is 3.81. The Morgan fingerprint density at radius 3 is 2.80 bits per heavy atom. The second-order valence-electron chi connectivity index (χ2n) is 5.25. The fraction of sp³-hybridized carbons (Fsp3) is 0.769. The van der Waals surface area contributed by atoms with Crippen LogP contribution in [0.3, 0.4) is 0 Å². The molecule has 0 aliphatic carbocycles. The van der Waals surface area contributed by atoms with E-state index in [1.807, 2.05) is 13.8 Å². The van der Waals surface area contributed by atoms with Crippen molar-refractivity contribution in [2.45, 2.75) is 44.8 Å². The molecule has 0 aromatic carbocycles. The van der Waals surface area contributed by atoms with Gasteiger partial charge >= 0.3 is 5.97 Å². The van der Waals surface area contributed by atoms with Crippen molar-refractivity contribution in [1.29, 1.82) is 0 Å². The number of likely N-dealkylation sites (tertiary alicyclic amines) is 1. The van der Waals surface area contributed by atoms with Crippen LogP contribution >= 0.6 is 11.8 Å². The number of thioether (sulfide) groups is 1. The molecule has 2 saturated heterocycles. The largest absolute Gasteiger partial charge is 0.480 e. The van der Waals surface area contributed by atoms with Gasteiger partial charge in [0, 0.05) is 24.1 Å². The van der Waals surface area contributed by atoms with Gasteiger partial charge in [-0.2, -0.15) is 11.8 Å². The van der Waals surface area contributed by atoms with Crippen LogP contribution in [0, 0.1) is 0 Å². The third-order valence-corrected chi connectivity index (χ3v) is 5.07. The highest BCUT2D eigenvalue weighted by Gasteiger charge is 2.47. The SMILES string of the molecule is CCC(C)N1C(=O)CC(N2CCSCC2C(=O)O)C1=O. The summed E-state index contributed by atoms with van der Waals surface area (Å²) < 4.78 is 0. The van der Waals surface area contributed by atoms with Crippen molar-refractivity contribution in [3.63, 3.8) is 0 Å². The quantitative estimate of drug-likeness (QED) is 0.758. The van der Waals surface area contributed by atoms with Gasteiger partial charge in [0.2, 0.25) is 11.8 Å². The third kappa shape index (κ3) is 2.69. The van der Waals surface area contributed by atoms with Crippen molar-refractivity contribution in [1.82, 2.24) is 9.80 Å². The molecule has 112 valence electrons. The minimum absolute atomic E-state index is 0.109. The Morgan fingerprint density at radius 2 is 2.20 bits per heavy atom. The number of carbonyl (C=O) groups excluding carboxylic acids is 2. The minimum Gasteiger partial charge on any atom is -0.480 e. The van der Waals surface area contributed by atoms with E-state index in [1.165, 1.54) is 4.90 Å². The Labute approximate surface area is 122 Å². The lowest BCUT2D eigenvalue weighted by Crippen LogP contribution is -2.55. The number of amides is 2. The van der Waals surface area contributed by atoms with Gasteiger partial charge in [-0.1, -0.05) is 6.92 Å². The molecule has 2 amide bonds. The topological polar surface area (TPSA) is 77.9 Å². The number of carboxylic acid groups (broad SMARTS) is 1. The molecule has 0 radical (unpaired) electrons. The average molecular weight is 300 g/mol. The molecule has 3 unspecified atom stereocenters. The number of carbonyl (C=O) groups is 3. The molecule has 2 aliphatic rings. The van der Waals surface area contributed by atoms with Crippen LogP contribution in [0.25, 0.3) is 0 Å². The van der Waals surface area contributed by atoms with Crippen LogP contribution in [0.5, 0.6) is 0 Å². The summed E-state index contributed by atoms with van der Waals surface area (Å²) in [6.45, 7) is 4.31. The number of hydrogen-bond donors (Lipinski definition) is 1.